The molecule has 0 saturated carbocycles. The summed E-state index contributed by atoms with van der Waals surface area (Å²) in [5, 5.41) is 2.96. The van der Waals surface area contributed by atoms with Gasteiger partial charge in [0.25, 0.3) is 5.91 Å². The first-order chi connectivity index (χ1) is 15.4. The number of hydrogen-bond donors (Lipinski definition) is 1. The standard InChI is InChI=1S/C23H28N2O7/c1-12-14-10-25-6-5-23(32-20(25)7-13(14)15(11-31-12)21(26)30-4)16-8-18(28-2)19(29-3)9-17(16)24-22(23)27/h8-9,11-14,20H,5-7,10H2,1-4H3,(H,24,27)/t12-,13-,14-,20+,23+/m0/s1. The van der Waals surface area contributed by atoms with Gasteiger partial charge in [0.2, 0.25) is 0 Å². The van der Waals surface area contributed by atoms with Gasteiger partial charge in [-0.2, -0.15) is 0 Å². The summed E-state index contributed by atoms with van der Waals surface area (Å²) < 4.78 is 28.2. The summed E-state index contributed by atoms with van der Waals surface area (Å²) in [6.07, 6.45) is 2.30. The molecule has 1 spiro atoms. The smallest absolute Gasteiger partial charge is 0.337 e. The van der Waals surface area contributed by atoms with Crippen LogP contribution >= 0.6 is 0 Å². The number of nitrogens with one attached hydrogen (secondary N) is 1. The van der Waals surface area contributed by atoms with Crippen molar-refractivity contribution >= 4 is 17.6 Å². The first-order valence-electron chi connectivity index (χ1n) is 10.9. The SMILES string of the molecule is COC(=O)C1=CO[C@@H](C)[C@@H]2CN3CC[C@]4(O[C@@H]3C[C@H]12)C(=O)Nc1cc(OC)c(OC)cc14. The highest BCUT2D eigenvalue weighted by Crippen LogP contribution is 2.51. The zero-order valence-corrected chi connectivity index (χ0v) is 18.7. The number of anilines is 1. The molecule has 5 atom stereocenters. The van der Waals surface area contributed by atoms with E-state index in [2.05, 4.69) is 10.2 Å². The number of methoxy groups -OCH3 is 3. The van der Waals surface area contributed by atoms with Gasteiger partial charge in [-0.1, -0.05) is 0 Å². The van der Waals surface area contributed by atoms with Crippen molar-refractivity contribution in [3.63, 3.8) is 0 Å². The third-order valence-electron chi connectivity index (χ3n) is 7.32. The molecule has 1 amide bonds. The molecule has 0 aromatic heterocycles. The number of nitrogens with zero attached hydrogens (tertiary/aromatic N) is 1. The molecule has 4 aliphatic rings. The van der Waals surface area contributed by atoms with Crippen molar-refractivity contribution in [2.24, 2.45) is 11.8 Å². The molecule has 2 saturated heterocycles. The molecule has 0 radical (unpaired) electrons. The van der Waals surface area contributed by atoms with Crippen molar-refractivity contribution in [1.29, 1.82) is 0 Å². The predicted octanol–water partition coefficient (Wildman–Crippen LogP) is 2.01. The molecule has 32 heavy (non-hydrogen) atoms. The van der Waals surface area contributed by atoms with Gasteiger partial charge in [-0.15, -0.1) is 0 Å². The van der Waals surface area contributed by atoms with E-state index in [0.29, 0.717) is 42.1 Å². The molecular formula is C23H28N2O7. The second kappa shape index (κ2) is 7.67. The fourth-order valence-corrected chi connectivity index (χ4v) is 5.55. The maximum absolute atomic E-state index is 13.2. The number of benzene rings is 1. The lowest BCUT2D eigenvalue weighted by molar-refractivity contribution is -0.223. The van der Waals surface area contributed by atoms with Crippen LogP contribution in [0, 0.1) is 11.8 Å². The van der Waals surface area contributed by atoms with Gasteiger partial charge >= 0.3 is 5.97 Å². The van der Waals surface area contributed by atoms with Crippen LogP contribution in [0.2, 0.25) is 0 Å². The summed E-state index contributed by atoms with van der Waals surface area (Å²) >= 11 is 0. The molecule has 1 aromatic rings. The van der Waals surface area contributed by atoms with Crippen LogP contribution in [0.25, 0.3) is 0 Å². The van der Waals surface area contributed by atoms with Gasteiger partial charge < -0.3 is 29.0 Å². The lowest BCUT2D eigenvalue weighted by Crippen LogP contribution is -2.60. The van der Waals surface area contributed by atoms with E-state index in [9.17, 15) is 9.59 Å². The lowest BCUT2D eigenvalue weighted by atomic mass is 9.75. The topological polar surface area (TPSA) is 95.6 Å². The van der Waals surface area contributed by atoms with Gasteiger partial charge in [0.05, 0.1) is 45.0 Å². The molecule has 4 heterocycles. The Morgan fingerprint density at radius 2 is 1.97 bits per heavy atom. The third kappa shape index (κ3) is 2.98. The van der Waals surface area contributed by atoms with Crippen molar-refractivity contribution < 1.29 is 33.3 Å². The van der Waals surface area contributed by atoms with Gasteiger partial charge in [0, 0.05) is 43.0 Å². The Labute approximate surface area is 186 Å². The Hall–Kier alpha value is -2.78. The van der Waals surface area contributed by atoms with Gasteiger partial charge in [-0.05, 0) is 19.4 Å². The molecule has 9 nitrogen and oxygen atoms in total. The third-order valence-corrected chi connectivity index (χ3v) is 7.32. The average molecular weight is 444 g/mol. The van der Waals surface area contributed by atoms with Crippen LogP contribution < -0.4 is 14.8 Å². The Bertz CT molecular complexity index is 993. The molecule has 4 aliphatic heterocycles. The van der Waals surface area contributed by atoms with Crippen LogP contribution in [-0.2, 0) is 29.4 Å². The lowest BCUT2D eigenvalue weighted by Gasteiger charge is -2.52. The summed E-state index contributed by atoms with van der Waals surface area (Å²) in [7, 11) is 4.50. The maximum Gasteiger partial charge on any atom is 0.337 e. The second-order valence-corrected chi connectivity index (χ2v) is 8.76. The number of ether oxygens (including phenoxy) is 5. The zero-order chi connectivity index (χ0) is 22.6. The number of carbonyl (C=O) groups is 2. The number of fused-ring (bicyclic) bond motifs is 4. The Morgan fingerprint density at radius 3 is 2.69 bits per heavy atom. The van der Waals surface area contributed by atoms with Crippen molar-refractivity contribution in [1.82, 2.24) is 4.90 Å². The van der Waals surface area contributed by atoms with Crippen molar-refractivity contribution in [2.75, 3.05) is 39.7 Å². The Balaban J connectivity index is 1.47. The van der Waals surface area contributed by atoms with Crippen LogP contribution in [0.5, 0.6) is 11.5 Å². The quantitative estimate of drug-likeness (QED) is 0.708. The van der Waals surface area contributed by atoms with Crippen LogP contribution in [0.1, 0.15) is 25.3 Å². The highest BCUT2D eigenvalue weighted by atomic mass is 16.5. The van der Waals surface area contributed by atoms with E-state index in [0.717, 1.165) is 12.1 Å². The molecule has 5 rings (SSSR count). The summed E-state index contributed by atoms with van der Waals surface area (Å²) in [5.41, 5.74) is 0.853. The first kappa shape index (κ1) is 21.1. The van der Waals surface area contributed by atoms with Gasteiger partial charge in [0.15, 0.2) is 17.1 Å². The van der Waals surface area contributed by atoms with Gasteiger partial charge in [-0.3, -0.25) is 9.69 Å². The summed E-state index contributed by atoms with van der Waals surface area (Å²) in [6.45, 7) is 3.44. The van der Waals surface area contributed by atoms with Crippen molar-refractivity contribution in [3.8, 4) is 11.5 Å². The number of rotatable bonds is 3. The van der Waals surface area contributed by atoms with Crippen LogP contribution in [0.15, 0.2) is 24.0 Å². The average Bonchev–Trinajstić information content (AvgIpc) is 3.06. The van der Waals surface area contributed by atoms with Crippen molar-refractivity contribution in [2.45, 2.75) is 37.7 Å². The Morgan fingerprint density at radius 1 is 1.22 bits per heavy atom. The molecule has 172 valence electrons. The van der Waals surface area contributed by atoms with E-state index < -0.39 is 5.60 Å². The van der Waals surface area contributed by atoms with Crippen LogP contribution in [0.3, 0.4) is 0 Å². The van der Waals surface area contributed by atoms with Gasteiger partial charge in [-0.25, -0.2) is 4.79 Å². The minimum absolute atomic E-state index is 0.0162. The Kier molecular flexibility index (Phi) is 5.05. The van der Waals surface area contributed by atoms with E-state index in [4.69, 9.17) is 23.7 Å². The first-order valence-corrected chi connectivity index (χ1v) is 10.9. The van der Waals surface area contributed by atoms with E-state index in [1.54, 1.807) is 20.3 Å². The fourth-order valence-electron chi connectivity index (χ4n) is 5.55. The number of esters is 1. The second-order valence-electron chi connectivity index (χ2n) is 8.76. The fraction of sp³-hybridized carbons (Fsp3) is 0.565. The molecule has 0 aliphatic carbocycles. The number of amides is 1. The monoisotopic (exact) mass is 444 g/mol. The minimum Gasteiger partial charge on any atom is -0.497 e. The molecular weight excluding hydrogens is 416 g/mol. The molecule has 2 fully saturated rings. The van der Waals surface area contributed by atoms with E-state index in [-0.39, 0.29) is 36.0 Å². The van der Waals surface area contributed by atoms with Crippen LogP contribution in [-0.4, -0.2) is 63.5 Å². The molecule has 0 bridgehead atoms. The molecule has 9 heteroatoms. The summed E-state index contributed by atoms with van der Waals surface area (Å²) in [4.78, 5) is 27.8. The van der Waals surface area contributed by atoms with E-state index in [1.165, 1.54) is 13.4 Å². The number of piperidine rings is 1. The van der Waals surface area contributed by atoms with E-state index >= 15 is 0 Å². The number of carbonyl (C=O) groups excluding carboxylic acids is 2. The van der Waals surface area contributed by atoms with E-state index in [1.807, 2.05) is 13.0 Å². The summed E-state index contributed by atoms with van der Waals surface area (Å²) in [5.74, 6) is 0.617. The molecule has 1 N–H and O–H groups in total. The maximum atomic E-state index is 13.2. The van der Waals surface area contributed by atoms with Gasteiger partial charge in [0.1, 0.15) is 6.23 Å². The zero-order valence-electron chi connectivity index (χ0n) is 18.7. The highest BCUT2D eigenvalue weighted by molar-refractivity contribution is 6.05. The predicted molar refractivity (Wildman–Crippen MR) is 113 cm³/mol. The van der Waals surface area contributed by atoms with Crippen LogP contribution in [0.4, 0.5) is 5.69 Å². The summed E-state index contributed by atoms with van der Waals surface area (Å²) in [6, 6.07) is 3.59. The highest BCUT2D eigenvalue weighted by Gasteiger charge is 2.56. The molecule has 0 unspecified atom stereocenters. The molecule has 1 aromatic carbocycles. The normalized spacial score (nSPS) is 33.2. The largest absolute Gasteiger partial charge is 0.497 e. The number of hydrogen-bond acceptors (Lipinski definition) is 8. The van der Waals surface area contributed by atoms with Crippen molar-refractivity contribution in [3.05, 3.63) is 29.5 Å². The minimum atomic E-state index is -1.10.